The summed E-state index contributed by atoms with van der Waals surface area (Å²) >= 11 is 0. The van der Waals surface area contributed by atoms with E-state index in [4.69, 9.17) is 0 Å². The minimum Gasteiger partial charge on any atom is -0.338 e. The van der Waals surface area contributed by atoms with Gasteiger partial charge in [0.25, 0.3) is 5.69 Å². The average Bonchev–Trinajstić information content (AvgIpc) is 2.81. The van der Waals surface area contributed by atoms with Crippen molar-refractivity contribution in [1.82, 2.24) is 14.9 Å². The molecule has 0 saturated carbocycles. The second-order valence-corrected chi connectivity index (χ2v) is 4.70. The lowest BCUT2D eigenvalue weighted by molar-refractivity contribution is -0.385. The molecule has 2 rings (SSSR count). The standard InChI is InChI=1S/C14H18N4O2/c1-11-12(4-3-5-13(11)18(19)20)10-15-7-6-14-16-8-9-17(14)2/h3-5,8-9,15H,6-7,10H2,1-2H3. The van der Waals surface area contributed by atoms with Gasteiger partial charge >= 0.3 is 0 Å². The van der Waals surface area contributed by atoms with E-state index in [2.05, 4.69) is 10.3 Å². The molecule has 1 N–H and O–H groups in total. The zero-order valence-electron chi connectivity index (χ0n) is 11.7. The highest BCUT2D eigenvalue weighted by Crippen LogP contribution is 2.20. The molecule has 0 atom stereocenters. The van der Waals surface area contributed by atoms with E-state index in [9.17, 15) is 10.1 Å². The van der Waals surface area contributed by atoms with Crippen molar-refractivity contribution in [1.29, 1.82) is 0 Å². The molecule has 1 aromatic heterocycles. The monoisotopic (exact) mass is 274 g/mol. The zero-order valence-corrected chi connectivity index (χ0v) is 11.7. The zero-order chi connectivity index (χ0) is 14.5. The van der Waals surface area contributed by atoms with Crippen molar-refractivity contribution in [3.05, 3.63) is 57.7 Å². The van der Waals surface area contributed by atoms with E-state index in [1.165, 1.54) is 6.07 Å². The average molecular weight is 274 g/mol. The number of nitrogens with zero attached hydrogens (tertiary/aromatic N) is 3. The van der Waals surface area contributed by atoms with Gasteiger partial charge in [-0.3, -0.25) is 10.1 Å². The third-order valence-corrected chi connectivity index (χ3v) is 3.38. The number of nitro benzene ring substituents is 1. The van der Waals surface area contributed by atoms with Crippen LogP contribution >= 0.6 is 0 Å². The first-order chi connectivity index (χ1) is 9.59. The van der Waals surface area contributed by atoms with Crippen molar-refractivity contribution >= 4 is 5.69 Å². The molecule has 6 nitrogen and oxygen atoms in total. The molecular weight excluding hydrogens is 256 g/mol. The minimum atomic E-state index is -0.341. The maximum Gasteiger partial charge on any atom is 0.272 e. The highest BCUT2D eigenvalue weighted by Gasteiger charge is 2.12. The van der Waals surface area contributed by atoms with E-state index in [1.807, 2.05) is 23.9 Å². The highest BCUT2D eigenvalue weighted by molar-refractivity contribution is 5.44. The molecule has 1 heterocycles. The van der Waals surface area contributed by atoms with Crippen molar-refractivity contribution in [2.75, 3.05) is 6.54 Å². The molecule has 0 aliphatic rings. The number of benzene rings is 1. The predicted molar refractivity (Wildman–Crippen MR) is 76.5 cm³/mol. The largest absolute Gasteiger partial charge is 0.338 e. The lowest BCUT2D eigenvalue weighted by Crippen LogP contribution is -2.18. The number of hydrogen-bond acceptors (Lipinski definition) is 4. The Hall–Kier alpha value is -2.21. The van der Waals surface area contributed by atoms with Crippen molar-refractivity contribution in [2.45, 2.75) is 19.9 Å². The topological polar surface area (TPSA) is 73.0 Å². The first-order valence-electron chi connectivity index (χ1n) is 6.49. The summed E-state index contributed by atoms with van der Waals surface area (Å²) in [7, 11) is 1.97. The van der Waals surface area contributed by atoms with E-state index in [0.29, 0.717) is 6.54 Å². The molecule has 0 fully saturated rings. The molecule has 6 heteroatoms. The molecule has 0 radical (unpaired) electrons. The smallest absolute Gasteiger partial charge is 0.272 e. The molecule has 0 amide bonds. The number of nitrogens with one attached hydrogen (secondary N) is 1. The molecule has 0 saturated heterocycles. The van der Waals surface area contributed by atoms with Crippen LogP contribution in [0.1, 0.15) is 17.0 Å². The quantitative estimate of drug-likeness (QED) is 0.496. The number of imidazole rings is 1. The highest BCUT2D eigenvalue weighted by atomic mass is 16.6. The van der Waals surface area contributed by atoms with E-state index in [1.54, 1.807) is 19.2 Å². The first-order valence-corrected chi connectivity index (χ1v) is 6.49. The van der Waals surface area contributed by atoms with Crippen LogP contribution in [0.5, 0.6) is 0 Å². The number of rotatable bonds is 6. The van der Waals surface area contributed by atoms with Gasteiger partial charge < -0.3 is 9.88 Å². The fourth-order valence-electron chi connectivity index (χ4n) is 2.12. The first kappa shape index (κ1) is 14.2. The van der Waals surface area contributed by atoms with Gasteiger partial charge in [0.2, 0.25) is 0 Å². The van der Waals surface area contributed by atoms with Crippen LogP contribution in [-0.4, -0.2) is 21.0 Å². The van der Waals surface area contributed by atoms with Gasteiger partial charge in [-0.1, -0.05) is 12.1 Å². The molecule has 0 bridgehead atoms. The van der Waals surface area contributed by atoms with Crippen LogP contribution < -0.4 is 5.32 Å². The lowest BCUT2D eigenvalue weighted by Gasteiger charge is -2.08. The number of nitro groups is 1. The molecule has 1 aromatic carbocycles. The van der Waals surface area contributed by atoms with E-state index in [0.717, 1.165) is 29.9 Å². The maximum atomic E-state index is 10.9. The third-order valence-electron chi connectivity index (χ3n) is 3.38. The second kappa shape index (κ2) is 6.29. The molecule has 0 aliphatic heterocycles. The minimum absolute atomic E-state index is 0.174. The summed E-state index contributed by atoms with van der Waals surface area (Å²) in [6, 6.07) is 5.17. The summed E-state index contributed by atoms with van der Waals surface area (Å²) in [6.45, 7) is 3.19. The Morgan fingerprint density at radius 2 is 2.25 bits per heavy atom. The van der Waals surface area contributed by atoms with Crippen LogP contribution in [0.2, 0.25) is 0 Å². The van der Waals surface area contributed by atoms with Crippen LogP contribution in [0.25, 0.3) is 0 Å². The molecule has 0 unspecified atom stereocenters. The van der Waals surface area contributed by atoms with Gasteiger partial charge in [0.1, 0.15) is 5.82 Å². The Morgan fingerprint density at radius 3 is 2.90 bits per heavy atom. The SMILES string of the molecule is Cc1c(CNCCc2nccn2C)cccc1[N+](=O)[O-]. The number of hydrogen-bond donors (Lipinski definition) is 1. The fourth-order valence-corrected chi connectivity index (χ4v) is 2.12. The Balaban J connectivity index is 1.90. The normalized spacial score (nSPS) is 10.7. The summed E-state index contributed by atoms with van der Waals surface area (Å²) in [5, 5.41) is 14.2. The summed E-state index contributed by atoms with van der Waals surface area (Å²) in [5.41, 5.74) is 1.86. The fraction of sp³-hybridized carbons (Fsp3) is 0.357. The maximum absolute atomic E-state index is 10.9. The Bertz CT molecular complexity index is 607. The van der Waals surface area contributed by atoms with Crippen LogP contribution in [0.15, 0.2) is 30.6 Å². The molecular formula is C14H18N4O2. The molecule has 106 valence electrons. The summed E-state index contributed by atoms with van der Waals surface area (Å²) < 4.78 is 1.99. The van der Waals surface area contributed by atoms with Gasteiger partial charge in [0, 0.05) is 50.6 Å². The third kappa shape index (κ3) is 3.21. The number of aromatic nitrogens is 2. The molecule has 2 aromatic rings. The van der Waals surface area contributed by atoms with Crippen LogP contribution in [0.4, 0.5) is 5.69 Å². The molecule has 0 spiro atoms. The van der Waals surface area contributed by atoms with Gasteiger partial charge in [-0.05, 0) is 12.5 Å². The van der Waals surface area contributed by atoms with Gasteiger partial charge in [0.15, 0.2) is 0 Å². The van der Waals surface area contributed by atoms with E-state index >= 15 is 0 Å². The van der Waals surface area contributed by atoms with Crippen LogP contribution in [0.3, 0.4) is 0 Å². The lowest BCUT2D eigenvalue weighted by atomic mass is 10.1. The Kier molecular flexibility index (Phi) is 4.47. The van der Waals surface area contributed by atoms with Crippen LogP contribution in [0, 0.1) is 17.0 Å². The van der Waals surface area contributed by atoms with Crippen molar-refractivity contribution in [2.24, 2.45) is 7.05 Å². The van der Waals surface area contributed by atoms with E-state index in [-0.39, 0.29) is 10.6 Å². The van der Waals surface area contributed by atoms with Gasteiger partial charge in [0.05, 0.1) is 4.92 Å². The van der Waals surface area contributed by atoms with Crippen LogP contribution in [-0.2, 0) is 20.0 Å². The van der Waals surface area contributed by atoms with Gasteiger partial charge in [-0.25, -0.2) is 4.98 Å². The Labute approximate surface area is 117 Å². The molecule has 0 aliphatic carbocycles. The molecule has 20 heavy (non-hydrogen) atoms. The van der Waals surface area contributed by atoms with Gasteiger partial charge in [-0.2, -0.15) is 0 Å². The summed E-state index contributed by atoms with van der Waals surface area (Å²) in [5.74, 6) is 1.02. The summed E-state index contributed by atoms with van der Waals surface area (Å²) in [4.78, 5) is 14.8. The summed E-state index contributed by atoms with van der Waals surface area (Å²) in [6.07, 6.45) is 4.53. The second-order valence-electron chi connectivity index (χ2n) is 4.70. The van der Waals surface area contributed by atoms with Crippen molar-refractivity contribution in [3.63, 3.8) is 0 Å². The van der Waals surface area contributed by atoms with Crippen molar-refractivity contribution in [3.8, 4) is 0 Å². The Morgan fingerprint density at radius 1 is 1.45 bits per heavy atom. The number of aryl methyl sites for hydroxylation is 1. The van der Waals surface area contributed by atoms with E-state index < -0.39 is 0 Å². The van der Waals surface area contributed by atoms with Gasteiger partial charge in [-0.15, -0.1) is 0 Å². The predicted octanol–water partition coefficient (Wildman–Crippen LogP) is 1.97. The van der Waals surface area contributed by atoms with Crippen molar-refractivity contribution < 1.29 is 4.92 Å².